The summed E-state index contributed by atoms with van der Waals surface area (Å²) in [6.07, 6.45) is 0. The van der Waals surface area contributed by atoms with Gasteiger partial charge in [-0.2, -0.15) is 0 Å². The smallest absolute Gasteiger partial charge is 0.234 e. The molecule has 1 amide bonds. The number of carbonyl (C=O) groups is 1. The van der Waals surface area contributed by atoms with Gasteiger partial charge in [-0.15, -0.1) is 0 Å². The molecule has 0 saturated heterocycles. The van der Waals surface area contributed by atoms with Gasteiger partial charge in [-0.25, -0.2) is 4.99 Å². The molecule has 2 aromatic rings. The van der Waals surface area contributed by atoms with Crippen molar-refractivity contribution < 1.29 is 4.79 Å². The Kier molecular flexibility index (Phi) is 5.32. The first-order chi connectivity index (χ1) is 10.6. The van der Waals surface area contributed by atoms with Crippen LogP contribution in [0.25, 0.3) is 10.8 Å². The Hall–Kier alpha value is -2.60. The maximum Gasteiger partial charge on any atom is 0.234 e. The Balaban J connectivity index is 2.09. The van der Waals surface area contributed by atoms with Crippen molar-refractivity contribution in [3.63, 3.8) is 0 Å². The molecule has 0 bridgehead atoms. The van der Waals surface area contributed by atoms with Crippen molar-refractivity contribution in [1.29, 1.82) is 0 Å². The highest BCUT2D eigenvalue weighted by Crippen LogP contribution is 2.18. The van der Waals surface area contributed by atoms with Crippen molar-refractivity contribution >= 4 is 22.6 Å². The lowest BCUT2D eigenvalue weighted by atomic mass is 10.0. The summed E-state index contributed by atoms with van der Waals surface area (Å²) in [6.45, 7) is 1.31. The molecule has 6 nitrogen and oxygen atoms in total. The van der Waals surface area contributed by atoms with Crippen molar-refractivity contribution in [2.75, 3.05) is 13.6 Å². The third kappa shape index (κ3) is 4.46. The van der Waals surface area contributed by atoms with Crippen molar-refractivity contribution in [1.82, 2.24) is 10.6 Å². The topological polar surface area (TPSA) is 106 Å². The number of carbonyl (C=O) groups excluding carboxylic acids is 1. The lowest BCUT2D eigenvalue weighted by Gasteiger charge is -2.07. The molecule has 0 aliphatic rings. The molecule has 0 atom stereocenters. The first-order valence-electron chi connectivity index (χ1n) is 7.07. The van der Waals surface area contributed by atoms with Gasteiger partial charge in [0.1, 0.15) is 0 Å². The molecule has 0 spiro atoms. The van der Waals surface area contributed by atoms with E-state index in [1.807, 2.05) is 24.3 Å². The Morgan fingerprint density at radius 2 is 1.73 bits per heavy atom. The average Bonchev–Trinajstić information content (AvgIpc) is 2.51. The van der Waals surface area contributed by atoms with Crippen LogP contribution in [0.5, 0.6) is 0 Å². The van der Waals surface area contributed by atoms with E-state index in [0.717, 1.165) is 21.9 Å². The minimum Gasteiger partial charge on any atom is -0.370 e. The van der Waals surface area contributed by atoms with Crippen molar-refractivity contribution in [2.24, 2.45) is 16.5 Å². The van der Waals surface area contributed by atoms with E-state index in [9.17, 15) is 4.79 Å². The van der Waals surface area contributed by atoms with Crippen LogP contribution < -0.4 is 22.1 Å². The van der Waals surface area contributed by atoms with Gasteiger partial charge in [-0.05, 0) is 41.1 Å². The second kappa shape index (κ2) is 7.42. The zero-order valence-corrected chi connectivity index (χ0v) is 12.6. The molecule has 6 heteroatoms. The fourth-order valence-electron chi connectivity index (χ4n) is 2.16. The Morgan fingerprint density at radius 3 is 2.36 bits per heavy atom. The summed E-state index contributed by atoms with van der Waals surface area (Å²) in [6, 6.07) is 12.2. The van der Waals surface area contributed by atoms with Crippen LogP contribution >= 0.6 is 0 Å². The highest BCUT2D eigenvalue weighted by atomic mass is 16.1. The van der Waals surface area contributed by atoms with Crippen molar-refractivity contribution in [2.45, 2.75) is 13.1 Å². The number of amides is 1. The van der Waals surface area contributed by atoms with Crippen LogP contribution in [0, 0.1) is 0 Å². The molecule has 0 unspecified atom stereocenters. The lowest BCUT2D eigenvalue weighted by Crippen LogP contribution is -2.31. The summed E-state index contributed by atoms with van der Waals surface area (Å²) in [5.74, 6) is 0.0722. The largest absolute Gasteiger partial charge is 0.370 e. The SMILES string of the molecule is CNCC(=O)NCc1ccc2cc(CN=C(N)N)ccc2c1. The molecule has 0 saturated carbocycles. The van der Waals surface area contributed by atoms with Crippen LogP contribution in [0.15, 0.2) is 41.4 Å². The Bertz CT molecular complexity index is 692. The van der Waals surface area contributed by atoms with Crippen LogP contribution in [0.3, 0.4) is 0 Å². The van der Waals surface area contributed by atoms with Gasteiger partial charge in [0, 0.05) is 6.54 Å². The summed E-state index contributed by atoms with van der Waals surface area (Å²) < 4.78 is 0. The maximum absolute atomic E-state index is 11.4. The molecule has 0 aromatic heterocycles. The van der Waals surface area contributed by atoms with E-state index in [4.69, 9.17) is 11.5 Å². The zero-order chi connectivity index (χ0) is 15.9. The molecular weight excluding hydrogens is 278 g/mol. The summed E-state index contributed by atoms with van der Waals surface area (Å²) >= 11 is 0. The first-order valence-corrected chi connectivity index (χ1v) is 7.07. The molecule has 0 radical (unpaired) electrons. The summed E-state index contributed by atoms with van der Waals surface area (Å²) in [5, 5.41) is 7.92. The van der Waals surface area contributed by atoms with Crippen LogP contribution in [0.1, 0.15) is 11.1 Å². The molecule has 0 heterocycles. The second-order valence-electron chi connectivity index (χ2n) is 5.06. The van der Waals surface area contributed by atoms with E-state index < -0.39 is 0 Å². The number of guanidine groups is 1. The third-order valence-corrected chi connectivity index (χ3v) is 3.24. The predicted octanol–water partition coefficient (Wildman–Crippen LogP) is 0.449. The van der Waals surface area contributed by atoms with E-state index in [-0.39, 0.29) is 11.9 Å². The number of rotatable bonds is 6. The van der Waals surface area contributed by atoms with Gasteiger partial charge in [-0.3, -0.25) is 4.79 Å². The van der Waals surface area contributed by atoms with Crippen LogP contribution in [0.2, 0.25) is 0 Å². The van der Waals surface area contributed by atoms with E-state index in [0.29, 0.717) is 19.6 Å². The summed E-state index contributed by atoms with van der Waals surface area (Å²) in [4.78, 5) is 15.4. The summed E-state index contributed by atoms with van der Waals surface area (Å²) in [7, 11) is 1.75. The van der Waals surface area contributed by atoms with Gasteiger partial charge < -0.3 is 22.1 Å². The number of hydrogen-bond acceptors (Lipinski definition) is 3. The average molecular weight is 299 g/mol. The molecule has 116 valence electrons. The normalized spacial score (nSPS) is 10.4. The van der Waals surface area contributed by atoms with Crippen molar-refractivity contribution in [3.05, 3.63) is 47.5 Å². The van der Waals surface area contributed by atoms with Gasteiger partial charge in [0.25, 0.3) is 0 Å². The number of benzene rings is 2. The molecule has 0 aliphatic carbocycles. The highest BCUT2D eigenvalue weighted by molar-refractivity contribution is 5.84. The molecule has 2 rings (SSSR count). The molecular formula is C16H21N5O. The fraction of sp³-hybridized carbons (Fsp3) is 0.250. The maximum atomic E-state index is 11.4. The van der Waals surface area contributed by atoms with Gasteiger partial charge in [0.2, 0.25) is 5.91 Å². The monoisotopic (exact) mass is 299 g/mol. The number of likely N-dealkylation sites (N-methyl/N-ethyl adjacent to an activating group) is 1. The Labute approximate surface area is 129 Å². The summed E-state index contributed by atoms with van der Waals surface area (Å²) in [5.41, 5.74) is 12.8. The van der Waals surface area contributed by atoms with Crippen LogP contribution in [-0.4, -0.2) is 25.5 Å². The van der Waals surface area contributed by atoms with Crippen molar-refractivity contribution in [3.8, 4) is 0 Å². The van der Waals surface area contributed by atoms with Gasteiger partial charge in [0.15, 0.2) is 5.96 Å². The Morgan fingerprint density at radius 1 is 1.09 bits per heavy atom. The number of aliphatic imine (C=N–C) groups is 1. The zero-order valence-electron chi connectivity index (χ0n) is 12.6. The molecule has 22 heavy (non-hydrogen) atoms. The minimum atomic E-state index is -0.0184. The van der Waals surface area contributed by atoms with Gasteiger partial charge in [-0.1, -0.05) is 24.3 Å². The molecule has 2 aromatic carbocycles. The molecule has 0 aliphatic heterocycles. The van der Waals surface area contributed by atoms with Crippen LogP contribution in [-0.2, 0) is 17.9 Å². The second-order valence-corrected chi connectivity index (χ2v) is 5.06. The highest BCUT2D eigenvalue weighted by Gasteiger charge is 2.02. The van der Waals surface area contributed by atoms with E-state index in [1.54, 1.807) is 7.05 Å². The van der Waals surface area contributed by atoms with Crippen LogP contribution in [0.4, 0.5) is 0 Å². The van der Waals surface area contributed by atoms with Gasteiger partial charge in [0.05, 0.1) is 13.1 Å². The first kappa shape index (κ1) is 15.8. The number of nitrogens with zero attached hydrogens (tertiary/aromatic N) is 1. The minimum absolute atomic E-state index is 0.0184. The number of fused-ring (bicyclic) bond motifs is 1. The molecule has 0 fully saturated rings. The molecule has 6 N–H and O–H groups in total. The predicted molar refractivity (Wildman–Crippen MR) is 89.2 cm³/mol. The lowest BCUT2D eigenvalue weighted by molar-refractivity contribution is -0.120. The van der Waals surface area contributed by atoms with Gasteiger partial charge >= 0.3 is 0 Å². The van der Waals surface area contributed by atoms with E-state index in [2.05, 4.69) is 27.8 Å². The quantitative estimate of drug-likeness (QED) is 0.459. The standard InChI is InChI=1S/C16H21N5O/c1-19-10-15(22)20-8-11-2-4-14-7-12(9-21-16(17)18)3-5-13(14)6-11/h2-7,19H,8-10H2,1H3,(H,20,22)(H4,17,18,21). The number of nitrogens with one attached hydrogen (secondary N) is 2. The third-order valence-electron chi connectivity index (χ3n) is 3.24. The fourth-order valence-corrected chi connectivity index (χ4v) is 2.16. The number of nitrogens with two attached hydrogens (primary N) is 2. The van der Waals surface area contributed by atoms with E-state index in [1.165, 1.54) is 0 Å². The van der Waals surface area contributed by atoms with E-state index >= 15 is 0 Å². The number of hydrogen-bond donors (Lipinski definition) is 4.